The van der Waals surface area contributed by atoms with E-state index in [0.29, 0.717) is 29.0 Å². The fraction of sp³-hybridized carbons (Fsp3) is 0.102. The molecule has 0 spiro atoms. The molecule has 0 aliphatic rings. The Balaban J connectivity index is 0.00000576. The Morgan fingerprint density at radius 1 is 0.727 bits per heavy atom. The van der Waals surface area contributed by atoms with Crippen molar-refractivity contribution in [2.75, 3.05) is 0 Å². The molecule has 3 heterocycles. The van der Waals surface area contributed by atoms with Gasteiger partial charge in [-0.05, 0) is 68.9 Å². The van der Waals surface area contributed by atoms with Gasteiger partial charge in [0.1, 0.15) is 5.82 Å². The number of pyridine rings is 1. The Morgan fingerprint density at radius 3 is 2.15 bits per heavy atom. The van der Waals surface area contributed by atoms with Gasteiger partial charge in [0.15, 0.2) is 0 Å². The molecule has 6 aromatic carbocycles. The van der Waals surface area contributed by atoms with E-state index in [2.05, 4.69) is 68.1 Å². The van der Waals surface area contributed by atoms with E-state index in [0.717, 1.165) is 27.6 Å². The quantitative estimate of drug-likeness (QED) is 0.107. The minimum atomic E-state index is -0.566. The largest absolute Gasteiger partial charge is 0.510 e. The minimum absolute atomic E-state index is 0. The van der Waals surface area contributed by atoms with E-state index < -0.39 is 60.4 Å². The van der Waals surface area contributed by atoms with E-state index in [9.17, 15) is 0 Å². The van der Waals surface area contributed by atoms with Crippen molar-refractivity contribution in [3.8, 4) is 50.9 Å². The van der Waals surface area contributed by atoms with Crippen LogP contribution in [-0.4, -0.2) is 14.1 Å². The molecular weight excluding hydrogens is 856 g/mol. The van der Waals surface area contributed by atoms with Crippen molar-refractivity contribution in [1.82, 2.24) is 14.1 Å². The first-order valence-corrected chi connectivity index (χ1v) is 17.6. The van der Waals surface area contributed by atoms with Gasteiger partial charge in [-0.15, -0.1) is 29.7 Å². The summed E-state index contributed by atoms with van der Waals surface area (Å²) in [6, 6.07) is 27.8. The third-order valence-corrected chi connectivity index (χ3v) is 9.71. The molecule has 0 amide bonds. The first-order valence-electron chi connectivity index (χ1n) is 22.6. The van der Waals surface area contributed by atoms with Crippen LogP contribution < -0.4 is 9.30 Å². The number of fused-ring (bicyclic) bond motifs is 3. The fourth-order valence-electron chi connectivity index (χ4n) is 6.70. The van der Waals surface area contributed by atoms with Crippen molar-refractivity contribution in [3.63, 3.8) is 0 Å². The number of imidazole rings is 1. The Bertz CT molecular complexity index is 3200. The third kappa shape index (κ3) is 6.93. The number of hydrogen-bond acceptors (Lipinski definition) is 2. The van der Waals surface area contributed by atoms with Crippen molar-refractivity contribution < 1.29 is 44.1 Å². The van der Waals surface area contributed by atoms with Gasteiger partial charge >= 0.3 is 0 Å². The standard InChI is InChI=1S/C49H38N4O.Pt/c1-34(2)35(3)38-26-27-50-48(30-38)53-46-23-11-10-20-44(46)45-25-24-41(32-47(45)53)54-40-19-12-18-39(31-40)51-28-29-52(33-51)49-42(36-14-6-4-7-15-36)21-13-22-43(49)37-16-8-5-9-17-37;/h4-30,34-35H,1-3H3;/q-2;/i4D,5D,6D,7D,8D,9D,14D,15D,16D,17D;. The van der Waals surface area contributed by atoms with Crippen LogP contribution >= 0.6 is 0 Å². The van der Waals surface area contributed by atoms with E-state index in [1.807, 2.05) is 30.5 Å². The van der Waals surface area contributed by atoms with Gasteiger partial charge in [-0.25, -0.2) is 4.98 Å². The predicted molar refractivity (Wildman–Crippen MR) is 217 cm³/mol. The molecule has 9 aromatic rings. The predicted octanol–water partition coefficient (Wildman–Crippen LogP) is 11.5. The molecule has 0 radical (unpaired) electrons. The number of nitrogens with zero attached hydrogens (tertiary/aromatic N) is 4. The van der Waals surface area contributed by atoms with E-state index in [1.54, 1.807) is 53.4 Å². The minimum Gasteiger partial charge on any atom is -0.510 e. The number of ether oxygens (including phenoxy) is 1. The molecule has 5 nitrogen and oxygen atoms in total. The van der Waals surface area contributed by atoms with Crippen molar-refractivity contribution in [2.45, 2.75) is 26.7 Å². The van der Waals surface area contributed by atoms with Crippen LogP contribution in [0.3, 0.4) is 0 Å². The molecule has 0 aliphatic heterocycles. The van der Waals surface area contributed by atoms with Crippen molar-refractivity contribution in [1.29, 1.82) is 0 Å². The number of aromatic nitrogens is 4. The average molecular weight is 904 g/mol. The monoisotopic (exact) mass is 903 g/mol. The second-order valence-electron chi connectivity index (χ2n) is 13.3. The molecule has 272 valence electrons. The van der Waals surface area contributed by atoms with Crippen LogP contribution in [0.15, 0.2) is 164 Å². The van der Waals surface area contributed by atoms with Crippen LogP contribution in [-0.2, 0) is 21.1 Å². The first-order chi connectivity index (χ1) is 30.7. The summed E-state index contributed by atoms with van der Waals surface area (Å²) in [4.78, 5) is 4.79. The van der Waals surface area contributed by atoms with Crippen molar-refractivity contribution in [2.24, 2.45) is 5.92 Å². The summed E-state index contributed by atoms with van der Waals surface area (Å²) in [5.41, 5.74) is 3.68. The number of benzene rings is 6. The van der Waals surface area contributed by atoms with Crippen LogP contribution in [0.25, 0.3) is 61.3 Å². The summed E-state index contributed by atoms with van der Waals surface area (Å²) in [5, 5.41) is 2.04. The van der Waals surface area contributed by atoms with E-state index in [1.165, 1.54) is 10.1 Å². The van der Waals surface area contributed by atoms with Crippen LogP contribution in [0.5, 0.6) is 11.5 Å². The Kier molecular flexibility index (Phi) is 7.24. The van der Waals surface area contributed by atoms with Gasteiger partial charge in [0, 0.05) is 56.7 Å². The number of hydrogen-bond donors (Lipinski definition) is 0. The zero-order valence-corrected chi connectivity index (χ0v) is 32.3. The summed E-state index contributed by atoms with van der Waals surface area (Å²) >= 11 is 0. The zero-order valence-electron chi connectivity index (χ0n) is 40.0. The summed E-state index contributed by atoms with van der Waals surface area (Å²) in [6.45, 7) is 6.63. The second kappa shape index (κ2) is 15.4. The van der Waals surface area contributed by atoms with Gasteiger partial charge in [0.2, 0.25) is 0 Å². The molecule has 0 bridgehead atoms. The molecule has 0 saturated heterocycles. The fourth-order valence-corrected chi connectivity index (χ4v) is 6.70. The third-order valence-electron chi connectivity index (χ3n) is 9.71. The molecule has 1 unspecified atom stereocenters. The molecule has 1 atom stereocenters. The Morgan fingerprint density at radius 2 is 1.42 bits per heavy atom. The molecule has 0 N–H and O–H groups in total. The second-order valence-corrected chi connectivity index (χ2v) is 13.3. The summed E-state index contributed by atoms with van der Waals surface area (Å²) in [7, 11) is 0. The van der Waals surface area contributed by atoms with E-state index in [4.69, 9.17) is 23.4 Å². The maximum atomic E-state index is 8.83. The van der Waals surface area contributed by atoms with Crippen LogP contribution in [0, 0.1) is 24.4 Å². The normalized spacial score (nSPS) is 14.4. The van der Waals surface area contributed by atoms with Crippen molar-refractivity contribution >= 4 is 21.8 Å². The van der Waals surface area contributed by atoms with Gasteiger partial charge in [-0.2, -0.15) is 18.2 Å². The molecule has 9 rings (SSSR count). The van der Waals surface area contributed by atoms with Gasteiger partial charge in [0.05, 0.1) is 19.4 Å². The SMILES string of the molecule is [2H]c1c([2H])c([2H])c(-c2cccc(-c3c([2H])c([2H])c([2H])c([2H])c3[2H])c2-[n+]2[c-]n(-c3[c-]c(Oc4[c-]c5c(cc4)c4ccccc4n5-c4cc(C(C)C(C)C)ccn4)ccc3)cc2)c([2H])c1[2H].[Pt]. The van der Waals surface area contributed by atoms with Crippen LogP contribution in [0.4, 0.5) is 0 Å². The molecule has 0 fully saturated rings. The smallest absolute Gasteiger partial charge is 0.267 e. The van der Waals surface area contributed by atoms with Crippen molar-refractivity contribution in [3.05, 3.63) is 188 Å². The zero-order chi connectivity index (χ0) is 45.3. The summed E-state index contributed by atoms with van der Waals surface area (Å²) in [6.07, 6.45) is 8.34. The molecule has 55 heavy (non-hydrogen) atoms. The average Bonchev–Trinajstić information content (AvgIpc) is 3.92. The van der Waals surface area contributed by atoms with Gasteiger partial charge < -0.3 is 13.9 Å². The van der Waals surface area contributed by atoms with Crippen LogP contribution in [0.2, 0.25) is 0 Å². The molecule has 6 heteroatoms. The topological polar surface area (TPSA) is 35.9 Å². The van der Waals surface area contributed by atoms with E-state index >= 15 is 0 Å². The number of para-hydroxylation sites is 2. The maximum Gasteiger partial charge on any atom is 0.267 e. The van der Waals surface area contributed by atoms with Gasteiger partial charge in [-0.3, -0.25) is 4.57 Å². The van der Waals surface area contributed by atoms with E-state index in [-0.39, 0.29) is 49.0 Å². The molecule has 3 aromatic heterocycles. The molecule has 0 aliphatic carbocycles. The van der Waals surface area contributed by atoms with Gasteiger partial charge in [0.25, 0.3) is 6.33 Å². The van der Waals surface area contributed by atoms with Crippen LogP contribution in [0.1, 0.15) is 46.0 Å². The molecule has 0 saturated carbocycles. The first kappa shape index (κ1) is 25.9. The van der Waals surface area contributed by atoms with Gasteiger partial charge in [-0.1, -0.05) is 123 Å². The summed E-state index contributed by atoms with van der Waals surface area (Å²) in [5.74, 6) is 2.36. The Labute approximate surface area is 350 Å². The Hall–Kier alpha value is -6.03. The number of rotatable bonds is 9. The molecular formula is C49H38N4OPt-2. The maximum absolute atomic E-state index is 8.83. The summed E-state index contributed by atoms with van der Waals surface area (Å²) < 4.78 is 97.0.